The molecule has 1 atom stereocenters. The van der Waals surface area contributed by atoms with Crippen molar-refractivity contribution in [3.05, 3.63) is 34.2 Å². The average molecular weight is 414 g/mol. The Morgan fingerprint density at radius 1 is 1.14 bits per heavy atom. The number of piperidine rings is 1. The molecule has 1 aromatic heterocycles. The molecule has 2 fully saturated rings. The topological polar surface area (TPSA) is 45.7 Å². The van der Waals surface area contributed by atoms with Gasteiger partial charge in [0.2, 0.25) is 5.91 Å². The number of aryl methyl sites for hydroxylation is 1. The van der Waals surface area contributed by atoms with Gasteiger partial charge in [-0.2, -0.15) is 0 Å². The zero-order chi connectivity index (χ0) is 20.2. The van der Waals surface area contributed by atoms with Gasteiger partial charge in [0.25, 0.3) is 0 Å². The van der Waals surface area contributed by atoms with Crippen molar-refractivity contribution in [2.45, 2.75) is 51.5 Å². The fourth-order valence-corrected chi connectivity index (χ4v) is 5.53. The molecule has 2 aromatic rings. The van der Waals surface area contributed by atoms with Crippen molar-refractivity contribution in [2.24, 2.45) is 0 Å². The van der Waals surface area contributed by atoms with Gasteiger partial charge < -0.3 is 14.5 Å². The number of carbonyl (C=O) groups is 1. The van der Waals surface area contributed by atoms with E-state index in [1.54, 1.807) is 18.4 Å². The second kappa shape index (κ2) is 9.26. The monoisotopic (exact) mass is 413 g/mol. The van der Waals surface area contributed by atoms with Crippen molar-refractivity contribution in [3.8, 4) is 17.0 Å². The van der Waals surface area contributed by atoms with Crippen molar-refractivity contribution < 1.29 is 9.53 Å². The predicted molar refractivity (Wildman–Crippen MR) is 118 cm³/mol. The predicted octanol–water partition coefficient (Wildman–Crippen LogP) is 4.15. The van der Waals surface area contributed by atoms with Crippen molar-refractivity contribution in [2.75, 3.05) is 33.3 Å². The van der Waals surface area contributed by atoms with E-state index in [-0.39, 0.29) is 5.91 Å². The minimum Gasteiger partial charge on any atom is -0.497 e. The molecule has 0 radical (unpaired) electrons. The smallest absolute Gasteiger partial charge is 0.228 e. The van der Waals surface area contributed by atoms with E-state index in [9.17, 15) is 4.79 Å². The van der Waals surface area contributed by atoms with E-state index in [1.165, 1.54) is 32.4 Å². The quantitative estimate of drug-likeness (QED) is 0.714. The molecule has 6 heteroatoms. The minimum atomic E-state index is 0.257. The number of methoxy groups -OCH3 is 1. The lowest BCUT2D eigenvalue weighted by molar-refractivity contribution is -0.134. The van der Waals surface area contributed by atoms with Gasteiger partial charge in [-0.3, -0.25) is 4.79 Å². The van der Waals surface area contributed by atoms with Gasteiger partial charge >= 0.3 is 0 Å². The van der Waals surface area contributed by atoms with E-state index in [0.29, 0.717) is 12.5 Å². The molecule has 2 aliphatic rings. The van der Waals surface area contributed by atoms with E-state index in [2.05, 4.69) is 9.80 Å². The molecule has 1 aromatic carbocycles. The number of rotatable bonds is 6. The van der Waals surface area contributed by atoms with Gasteiger partial charge in [-0.15, -0.1) is 11.3 Å². The summed E-state index contributed by atoms with van der Waals surface area (Å²) in [6.45, 7) is 6.33. The van der Waals surface area contributed by atoms with Gasteiger partial charge in [0, 0.05) is 29.6 Å². The molecule has 29 heavy (non-hydrogen) atoms. The SMILES string of the molecule is COc1ccc(-c2nc(C)sc2CC(=O)N2CCCC[C@H]2CN2CCCC2)cc1. The molecule has 0 saturated carbocycles. The first-order valence-corrected chi connectivity index (χ1v) is 11.6. The van der Waals surface area contributed by atoms with Crippen LogP contribution in [0.4, 0.5) is 0 Å². The van der Waals surface area contributed by atoms with Crippen LogP contribution in [0.2, 0.25) is 0 Å². The van der Waals surface area contributed by atoms with Crippen LogP contribution in [0.1, 0.15) is 42.0 Å². The van der Waals surface area contributed by atoms with E-state index in [4.69, 9.17) is 9.72 Å². The van der Waals surface area contributed by atoms with E-state index in [1.807, 2.05) is 31.2 Å². The number of hydrogen-bond acceptors (Lipinski definition) is 5. The number of benzene rings is 1. The first-order valence-electron chi connectivity index (χ1n) is 10.8. The fraction of sp³-hybridized carbons (Fsp3) is 0.565. The van der Waals surface area contributed by atoms with Crippen LogP contribution in [0.15, 0.2) is 24.3 Å². The Labute approximate surface area is 177 Å². The van der Waals surface area contributed by atoms with Crippen molar-refractivity contribution in [1.29, 1.82) is 0 Å². The maximum absolute atomic E-state index is 13.3. The van der Waals surface area contributed by atoms with E-state index >= 15 is 0 Å². The summed E-state index contributed by atoms with van der Waals surface area (Å²) in [5, 5.41) is 1.01. The molecule has 0 unspecified atom stereocenters. The number of hydrogen-bond donors (Lipinski definition) is 0. The number of thiazole rings is 1. The van der Waals surface area contributed by atoms with Crippen LogP contribution in [-0.2, 0) is 11.2 Å². The van der Waals surface area contributed by atoms with Crippen molar-refractivity contribution in [1.82, 2.24) is 14.8 Å². The number of likely N-dealkylation sites (tertiary alicyclic amines) is 2. The molecule has 0 spiro atoms. The van der Waals surface area contributed by atoms with Crippen LogP contribution in [0, 0.1) is 6.92 Å². The Hall–Kier alpha value is -1.92. The van der Waals surface area contributed by atoms with Crippen LogP contribution in [0.5, 0.6) is 5.75 Å². The number of nitrogens with zero attached hydrogens (tertiary/aromatic N) is 3. The van der Waals surface area contributed by atoms with Gasteiger partial charge in [-0.25, -0.2) is 4.98 Å². The van der Waals surface area contributed by atoms with Crippen LogP contribution < -0.4 is 4.74 Å². The fourth-order valence-electron chi connectivity index (χ4n) is 4.58. The molecule has 3 heterocycles. The Kier molecular flexibility index (Phi) is 6.50. The van der Waals surface area contributed by atoms with Crippen LogP contribution in [0.25, 0.3) is 11.3 Å². The van der Waals surface area contributed by atoms with Crippen LogP contribution in [-0.4, -0.2) is 60.0 Å². The molecule has 0 aliphatic carbocycles. The number of amides is 1. The lowest BCUT2D eigenvalue weighted by atomic mass is 10.0. The zero-order valence-electron chi connectivity index (χ0n) is 17.5. The molecular weight excluding hydrogens is 382 g/mol. The summed E-state index contributed by atoms with van der Waals surface area (Å²) >= 11 is 1.65. The highest BCUT2D eigenvalue weighted by atomic mass is 32.1. The molecule has 1 amide bonds. The molecule has 2 aliphatic heterocycles. The van der Waals surface area contributed by atoms with Crippen molar-refractivity contribution in [3.63, 3.8) is 0 Å². The molecule has 156 valence electrons. The van der Waals surface area contributed by atoms with Gasteiger partial charge in [0.05, 0.1) is 24.2 Å². The van der Waals surface area contributed by atoms with Gasteiger partial charge in [-0.05, 0) is 76.4 Å². The highest BCUT2D eigenvalue weighted by molar-refractivity contribution is 7.12. The number of carbonyl (C=O) groups excluding carboxylic acids is 1. The normalized spacial score (nSPS) is 20.2. The summed E-state index contributed by atoms with van der Waals surface area (Å²) in [5.74, 6) is 1.09. The first kappa shape index (κ1) is 20.4. The summed E-state index contributed by atoms with van der Waals surface area (Å²) in [4.78, 5) is 23.8. The Morgan fingerprint density at radius 2 is 1.86 bits per heavy atom. The largest absolute Gasteiger partial charge is 0.497 e. The summed E-state index contributed by atoms with van der Waals surface area (Å²) < 4.78 is 5.27. The van der Waals surface area contributed by atoms with Crippen LogP contribution in [0.3, 0.4) is 0 Å². The highest BCUT2D eigenvalue weighted by Crippen LogP contribution is 2.31. The molecule has 0 bridgehead atoms. The van der Waals surface area contributed by atoms with Gasteiger partial charge in [0.15, 0.2) is 0 Å². The van der Waals surface area contributed by atoms with Gasteiger partial charge in [0.1, 0.15) is 5.75 Å². The highest BCUT2D eigenvalue weighted by Gasteiger charge is 2.30. The summed E-state index contributed by atoms with van der Waals surface area (Å²) in [5.41, 5.74) is 1.99. The Bertz CT molecular complexity index is 827. The molecular formula is C23H31N3O2S. The molecule has 0 N–H and O–H groups in total. The maximum atomic E-state index is 13.3. The summed E-state index contributed by atoms with van der Waals surface area (Å²) in [6.07, 6.45) is 6.53. The Morgan fingerprint density at radius 3 is 2.59 bits per heavy atom. The third-order valence-corrected chi connectivity index (χ3v) is 7.07. The van der Waals surface area contributed by atoms with E-state index in [0.717, 1.165) is 52.8 Å². The summed E-state index contributed by atoms with van der Waals surface area (Å²) in [6, 6.07) is 8.32. The standard InChI is InChI=1S/C23H31N3O2S/c1-17-24-23(18-8-10-20(28-2)11-9-18)21(29-17)15-22(27)26-14-4-3-7-19(26)16-25-12-5-6-13-25/h8-11,19H,3-7,12-16H2,1-2H3/t19-/m0/s1. The maximum Gasteiger partial charge on any atom is 0.228 e. The molecule has 4 rings (SSSR count). The number of aromatic nitrogens is 1. The zero-order valence-corrected chi connectivity index (χ0v) is 18.3. The molecule has 5 nitrogen and oxygen atoms in total. The van der Waals surface area contributed by atoms with Crippen molar-refractivity contribution >= 4 is 17.2 Å². The minimum absolute atomic E-state index is 0.257. The molecule has 2 saturated heterocycles. The average Bonchev–Trinajstić information content (AvgIpc) is 3.38. The van der Waals surface area contributed by atoms with Crippen LogP contribution >= 0.6 is 11.3 Å². The number of ether oxygens (including phenoxy) is 1. The van der Waals surface area contributed by atoms with Gasteiger partial charge in [-0.1, -0.05) is 0 Å². The lowest BCUT2D eigenvalue weighted by Crippen LogP contribution is -2.49. The second-order valence-electron chi connectivity index (χ2n) is 8.15. The summed E-state index contributed by atoms with van der Waals surface area (Å²) in [7, 11) is 1.67. The second-order valence-corrected chi connectivity index (χ2v) is 9.44. The first-order chi connectivity index (χ1) is 14.1. The van der Waals surface area contributed by atoms with E-state index < -0.39 is 0 Å². The third-order valence-electron chi connectivity index (χ3n) is 6.09. The Balaban J connectivity index is 1.49. The third kappa shape index (κ3) is 4.81. The lowest BCUT2D eigenvalue weighted by Gasteiger charge is -2.38.